The Morgan fingerprint density at radius 3 is 2.22 bits per heavy atom. The SMILES string of the molecule is CCC(CO)Nc1nc(NCc2c(O)cc(Cl)cc2O)c2c(n1)N(C(C)C)NN2C(C)C. The number of anilines is 4. The van der Waals surface area contributed by atoms with E-state index in [2.05, 4.69) is 35.0 Å². The summed E-state index contributed by atoms with van der Waals surface area (Å²) in [6, 6.07) is 2.78. The van der Waals surface area contributed by atoms with Crippen LogP contribution in [0.3, 0.4) is 0 Å². The third-order valence-electron chi connectivity index (χ3n) is 5.23. The second-order valence-electron chi connectivity index (χ2n) is 8.30. The van der Waals surface area contributed by atoms with Gasteiger partial charge in [0.15, 0.2) is 11.6 Å². The molecule has 1 aliphatic heterocycles. The summed E-state index contributed by atoms with van der Waals surface area (Å²) < 4.78 is 0. The number of hydrogen-bond acceptors (Lipinski definition) is 10. The van der Waals surface area contributed by atoms with Crippen LogP contribution in [-0.2, 0) is 6.54 Å². The number of aliphatic hydroxyl groups is 1. The summed E-state index contributed by atoms with van der Waals surface area (Å²) >= 11 is 5.90. The van der Waals surface area contributed by atoms with E-state index in [1.54, 1.807) is 0 Å². The third kappa shape index (κ3) is 4.87. The summed E-state index contributed by atoms with van der Waals surface area (Å²) in [5.74, 6) is 1.35. The fraction of sp³-hybridized carbons (Fsp3) is 0.524. The molecule has 0 radical (unpaired) electrons. The highest BCUT2D eigenvalue weighted by Gasteiger charge is 2.35. The molecule has 6 N–H and O–H groups in total. The zero-order valence-corrected chi connectivity index (χ0v) is 19.8. The fourth-order valence-corrected chi connectivity index (χ4v) is 3.60. The second kappa shape index (κ2) is 9.85. The minimum atomic E-state index is -0.187. The average Bonchev–Trinajstić information content (AvgIpc) is 3.11. The van der Waals surface area contributed by atoms with Gasteiger partial charge in [0, 0.05) is 23.7 Å². The Bertz CT molecular complexity index is 930. The van der Waals surface area contributed by atoms with E-state index in [1.165, 1.54) is 12.1 Å². The number of hydrazine groups is 2. The van der Waals surface area contributed by atoms with E-state index in [0.717, 1.165) is 5.69 Å². The molecule has 1 unspecified atom stereocenters. The molecular weight excluding hydrogens is 434 g/mol. The van der Waals surface area contributed by atoms with Crippen molar-refractivity contribution in [2.45, 2.75) is 65.7 Å². The maximum atomic E-state index is 10.2. The van der Waals surface area contributed by atoms with Crippen LogP contribution < -0.4 is 26.2 Å². The first-order valence-corrected chi connectivity index (χ1v) is 11.1. The van der Waals surface area contributed by atoms with Gasteiger partial charge in [0.05, 0.1) is 18.2 Å². The van der Waals surface area contributed by atoms with Gasteiger partial charge in [-0.3, -0.25) is 10.0 Å². The molecule has 11 heteroatoms. The molecule has 0 fully saturated rings. The number of phenolic OH excluding ortho intramolecular Hbond substituents is 2. The Morgan fingerprint density at radius 1 is 1.06 bits per heavy atom. The summed E-state index contributed by atoms with van der Waals surface area (Å²) in [4.78, 5) is 9.38. The lowest BCUT2D eigenvalue weighted by Crippen LogP contribution is -2.50. The molecule has 0 aliphatic carbocycles. The highest BCUT2D eigenvalue weighted by Crippen LogP contribution is 2.41. The molecule has 1 aromatic heterocycles. The van der Waals surface area contributed by atoms with Gasteiger partial charge in [-0.15, -0.1) is 5.53 Å². The van der Waals surface area contributed by atoms with Crippen molar-refractivity contribution >= 4 is 34.9 Å². The molecule has 2 aromatic rings. The van der Waals surface area contributed by atoms with E-state index in [0.29, 0.717) is 29.6 Å². The number of fused-ring (bicyclic) bond motifs is 1. The van der Waals surface area contributed by atoms with Crippen molar-refractivity contribution < 1.29 is 15.3 Å². The predicted molar refractivity (Wildman–Crippen MR) is 127 cm³/mol. The number of nitrogens with zero attached hydrogens (tertiary/aromatic N) is 4. The first-order valence-electron chi connectivity index (χ1n) is 10.7. The van der Waals surface area contributed by atoms with Crippen LogP contribution in [-0.4, -0.2) is 50.0 Å². The topological polar surface area (TPSA) is 129 Å². The Morgan fingerprint density at radius 2 is 1.69 bits per heavy atom. The standard InChI is InChI=1S/C21H32ClN7O3/c1-6-14(10-30)24-21-25-19(23-9-15-16(31)7-13(22)8-17(15)32)18-20(26-21)29(12(4)5)27-28(18)11(2)3/h7-8,11-12,14,27,30-32H,6,9-10H2,1-5H3,(H2,23,24,25,26). The van der Waals surface area contributed by atoms with Crippen LogP contribution in [0.25, 0.3) is 0 Å². The van der Waals surface area contributed by atoms with Crippen molar-refractivity contribution in [1.82, 2.24) is 15.5 Å². The van der Waals surface area contributed by atoms with E-state index in [-0.39, 0.29) is 47.8 Å². The summed E-state index contributed by atoms with van der Waals surface area (Å²) in [6.07, 6.45) is 0.705. The molecular formula is C21H32ClN7O3. The van der Waals surface area contributed by atoms with Crippen molar-refractivity contribution in [2.24, 2.45) is 0 Å². The summed E-state index contributed by atoms with van der Waals surface area (Å²) in [6.45, 7) is 10.2. The number of aromatic nitrogens is 2. The Labute approximate surface area is 193 Å². The van der Waals surface area contributed by atoms with Gasteiger partial charge in [0.1, 0.15) is 17.2 Å². The summed E-state index contributed by atoms with van der Waals surface area (Å²) in [5, 5.41) is 40.7. The van der Waals surface area contributed by atoms with Crippen LogP contribution in [0.1, 0.15) is 46.6 Å². The van der Waals surface area contributed by atoms with Crippen LogP contribution in [0, 0.1) is 0 Å². The molecule has 1 aromatic carbocycles. The van der Waals surface area contributed by atoms with Crippen LogP contribution in [0.4, 0.5) is 23.3 Å². The van der Waals surface area contributed by atoms with Gasteiger partial charge in [0.2, 0.25) is 5.95 Å². The Kier molecular flexibility index (Phi) is 7.37. The second-order valence-corrected chi connectivity index (χ2v) is 8.74. The maximum absolute atomic E-state index is 10.2. The number of nitrogens with one attached hydrogen (secondary N) is 3. The van der Waals surface area contributed by atoms with Crippen LogP contribution >= 0.6 is 11.6 Å². The van der Waals surface area contributed by atoms with Crippen LogP contribution in [0.5, 0.6) is 11.5 Å². The van der Waals surface area contributed by atoms with Gasteiger partial charge in [-0.1, -0.05) is 18.5 Å². The van der Waals surface area contributed by atoms with Crippen molar-refractivity contribution in [2.75, 3.05) is 27.3 Å². The van der Waals surface area contributed by atoms with E-state index < -0.39 is 0 Å². The molecule has 1 atom stereocenters. The van der Waals surface area contributed by atoms with E-state index in [9.17, 15) is 15.3 Å². The molecule has 10 nitrogen and oxygen atoms in total. The van der Waals surface area contributed by atoms with Gasteiger partial charge in [-0.25, -0.2) is 0 Å². The number of aliphatic hydroxyl groups excluding tert-OH is 1. The zero-order valence-electron chi connectivity index (χ0n) is 19.0. The molecule has 176 valence electrons. The van der Waals surface area contributed by atoms with Crippen molar-refractivity contribution in [3.05, 3.63) is 22.7 Å². The van der Waals surface area contributed by atoms with E-state index in [1.807, 2.05) is 30.8 Å². The van der Waals surface area contributed by atoms with Crippen molar-refractivity contribution in [3.63, 3.8) is 0 Å². The predicted octanol–water partition coefficient (Wildman–Crippen LogP) is 3.20. The minimum absolute atomic E-state index is 0.0451. The molecule has 3 rings (SSSR count). The number of hydrogen-bond donors (Lipinski definition) is 6. The largest absolute Gasteiger partial charge is 0.507 e. The van der Waals surface area contributed by atoms with Crippen LogP contribution in [0.15, 0.2) is 12.1 Å². The van der Waals surface area contributed by atoms with Crippen LogP contribution in [0.2, 0.25) is 5.02 Å². The van der Waals surface area contributed by atoms with Gasteiger partial charge in [0.25, 0.3) is 0 Å². The molecule has 0 bridgehead atoms. The number of rotatable bonds is 9. The summed E-state index contributed by atoms with van der Waals surface area (Å²) in [7, 11) is 0. The average molecular weight is 466 g/mol. The van der Waals surface area contributed by atoms with Crippen molar-refractivity contribution in [1.29, 1.82) is 0 Å². The zero-order chi connectivity index (χ0) is 23.6. The molecule has 1 aliphatic rings. The lowest BCUT2D eigenvalue weighted by atomic mass is 10.1. The number of phenols is 2. The first kappa shape index (κ1) is 24.0. The number of benzene rings is 1. The molecule has 0 saturated carbocycles. The van der Waals surface area contributed by atoms with E-state index >= 15 is 0 Å². The Hall–Kier alpha value is -2.69. The highest BCUT2D eigenvalue weighted by atomic mass is 35.5. The minimum Gasteiger partial charge on any atom is -0.507 e. The first-order chi connectivity index (χ1) is 15.2. The van der Waals surface area contributed by atoms with Gasteiger partial charge in [-0.05, 0) is 46.2 Å². The van der Waals surface area contributed by atoms with Gasteiger partial charge >= 0.3 is 0 Å². The molecule has 0 amide bonds. The third-order valence-corrected chi connectivity index (χ3v) is 5.45. The maximum Gasteiger partial charge on any atom is 0.227 e. The quantitative estimate of drug-likeness (QED) is 0.328. The number of halogens is 1. The molecule has 2 heterocycles. The smallest absolute Gasteiger partial charge is 0.227 e. The molecule has 0 saturated heterocycles. The summed E-state index contributed by atoms with van der Waals surface area (Å²) in [5.41, 5.74) is 4.42. The normalized spacial score (nSPS) is 14.3. The fourth-order valence-electron chi connectivity index (χ4n) is 3.39. The molecule has 32 heavy (non-hydrogen) atoms. The van der Waals surface area contributed by atoms with E-state index in [4.69, 9.17) is 16.6 Å². The Balaban J connectivity index is 2.05. The van der Waals surface area contributed by atoms with Gasteiger partial charge < -0.3 is 26.0 Å². The number of aromatic hydroxyl groups is 2. The highest BCUT2D eigenvalue weighted by molar-refractivity contribution is 6.30. The lowest BCUT2D eigenvalue weighted by Gasteiger charge is -2.27. The monoisotopic (exact) mass is 465 g/mol. The van der Waals surface area contributed by atoms with Gasteiger partial charge in [-0.2, -0.15) is 9.97 Å². The molecule has 0 spiro atoms. The lowest BCUT2D eigenvalue weighted by molar-refractivity contribution is 0.271. The van der Waals surface area contributed by atoms with Crippen molar-refractivity contribution in [3.8, 4) is 11.5 Å².